The highest BCUT2D eigenvalue weighted by atomic mass is 16.3. The molecule has 2 aromatic heterocycles. The Labute approximate surface area is 140 Å². The quantitative estimate of drug-likeness (QED) is 0.921. The fourth-order valence-electron chi connectivity index (χ4n) is 2.88. The van der Waals surface area contributed by atoms with Gasteiger partial charge >= 0.3 is 0 Å². The van der Waals surface area contributed by atoms with E-state index in [0.717, 1.165) is 12.1 Å². The third-order valence-electron chi connectivity index (χ3n) is 4.13. The van der Waals surface area contributed by atoms with Gasteiger partial charge in [0, 0.05) is 12.7 Å². The molecule has 0 spiro atoms. The molecule has 3 rings (SSSR count). The SMILES string of the molecule is Cc1nccc(CN2CCCC(NC(=O)c3ccoc3C)C2=O)n1. The van der Waals surface area contributed by atoms with Gasteiger partial charge in [0.15, 0.2) is 0 Å². The smallest absolute Gasteiger partial charge is 0.255 e. The van der Waals surface area contributed by atoms with E-state index in [9.17, 15) is 9.59 Å². The second-order valence-corrected chi connectivity index (χ2v) is 5.91. The maximum absolute atomic E-state index is 12.6. The Hall–Kier alpha value is -2.70. The van der Waals surface area contributed by atoms with Crippen molar-refractivity contribution in [1.82, 2.24) is 20.2 Å². The number of carbonyl (C=O) groups is 2. The zero-order valence-electron chi connectivity index (χ0n) is 13.8. The van der Waals surface area contributed by atoms with Gasteiger partial charge in [0.05, 0.1) is 24.1 Å². The molecule has 2 amide bonds. The van der Waals surface area contributed by atoms with E-state index in [4.69, 9.17) is 4.42 Å². The summed E-state index contributed by atoms with van der Waals surface area (Å²) in [5.41, 5.74) is 1.26. The highest BCUT2D eigenvalue weighted by Gasteiger charge is 2.30. The molecule has 1 aliphatic heterocycles. The first kappa shape index (κ1) is 16.2. The molecule has 24 heavy (non-hydrogen) atoms. The van der Waals surface area contributed by atoms with Crippen LogP contribution in [0.15, 0.2) is 29.0 Å². The molecule has 1 atom stereocenters. The molecule has 1 aliphatic rings. The van der Waals surface area contributed by atoms with Crippen molar-refractivity contribution in [3.8, 4) is 0 Å². The molecule has 0 aliphatic carbocycles. The molecule has 0 radical (unpaired) electrons. The molecule has 0 bridgehead atoms. The number of aryl methyl sites for hydroxylation is 2. The van der Waals surface area contributed by atoms with Gasteiger partial charge in [-0.15, -0.1) is 0 Å². The molecule has 0 saturated carbocycles. The van der Waals surface area contributed by atoms with E-state index in [0.29, 0.717) is 36.7 Å². The summed E-state index contributed by atoms with van der Waals surface area (Å²) >= 11 is 0. The van der Waals surface area contributed by atoms with Crippen LogP contribution in [0.25, 0.3) is 0 Å². The van der Waals surface area contributed by atoms with Gasteiger partial charge in [-0.25, -0.2) is 9.97 Å². The molecule has 7 nitrogen and oxygen atoms in total. The molecular formula is C17H20N4O3. The van der Waals surface area contributed by atoms with Crippen LogP contribution in [0.2, 0.25) is 0 Å². The number of amides is 2. The van der Waals surface area contributed by atoms with Gasteiger partial charge in [-0.05, 0) is 38.8 Å². The first-order valence-electron chi connectivity index (χ1n) is 7.97. The van der Waals surface area contributed by atoms with E-state index in [1.54, 1.807) is 30.2 Å². The normalized spacial score (nSPS) is 17.8. The molecule has 2 aromatic rings. The third kappa shape index (κ3) is 3.45. The van der Waals surface area contributed by atoms with E-state index in [1.165, 1.54) is 6.26 Å². The molecule has 126 valence electrons. The van der Waals surface area contributed by atoms with Crippen molar-refractivity contribution >= 4 is 11.8 Å². The number of piperidine rings is 1. The van der Waals surface area contributed by atoms with Gasteiger partial charge in [0.25, 0.3) is 5.91 Å². The van der Waals surface area contributed by atoms with Gasteiger partial charge in [-0.3, -0.25) is 9.59 Å². The van der Waals surface area contributed by atoms with E-state index < -0.39 is 6.04 Å². The lowest BCUT2D eigenvalue weighted by molar-refractivity contribution is -0.136. The number of nitrogens with one attached hydrogen (secondary N) is 1. The topological polar surface area (TPSA) is 88.3 Å². The fraction of sp³-hybridized carbons (Fsp3) is 0.412. The maximum Gasteiger partial charge on any atom is 0.255 e. The molecule has 7 heteroatoms. The van der Waals surface area contributed by atoms with Crippen LogP contribution in [-0.2, 0) is 11.3 Å². The Morgan fingerprint density at radius 2 is 2.25 bits per heavy atom. The number of rotatable bonds is 4. The van der Waals surface area contributed by atoms with Gasteiger partial charge in [0.1, 0.15) is 17.6 Å². The minimum atomic E-state index is -0.511. The summed E-state index contributed by atoms with van der Waals surface area (Å²) in [6.07, 6.45) is 4.63. The van der Waals surface area contributed by atoms with Gasteiger partial charge in [-0.2, -0.15) is 0 Å². The van der Waals surface area contributed by atoms with E-state index in [2.05, 4.69) is 15.3 Å². The molecule has 1 unspecified atom stereocenters. The lowest BCUT2D eigenvalue weighted by atomic mass is 10.0. The first-order valence-corrected chi connectivity index (χ1v) is 7.97. The fourth-order valence-corrected chi connectivity index (χ4v) is 2.88. The molecule has 3 heterocycles. The zero-order chi connectivity index (χ0) is 17.1. The van der Waals surface area contributed by atoms with Crippen molar-refractivity contribution in [2.75, 3.05) is 6.54 Å². The summed E-state index contributed by atoms with van der Waals surface area (Å²) in [4.78, 5) is 35.1. The predicted molar refractivity (Wildman–Crippen MR) is 86.1 cm³/mol. The van der Waals surface area contributed by atoms with Crippen molar-refractivity contribution in [3.05, 3.63) is 47.4 Å². The Balaban J connectivity index is 1.66. The van der Waals surface area contributed by atoms with Crippen molar-refractivity contribution in [2.45, 2.75) is 39.3 Å². The number of aromatic nitrogens is 2. The number of hydrogen-bond acceptors (Lipinski definition) is 5. The summed E-state index contributed by atoms with van der Waals surface area (Å²) in [5.74, 6) is 0.868. The van der Waals surface area contributed by atoms with Crippen molar-refractivity contribution in [3.63, 3.8) is 0 Å². The average molecular weight is 328 g/mol. The highest BCUT2D eigenvalue weighted by molar-refractivity contribution is 5.98. The summed E-state index contributed by atoms with van der Waals surface area (Å²) in [6.45, 7) is 4.64. The van der Waals surface area contributed by atoms with Crippen molar-refractivity contribution < 1.29 is 14.0 Å². The monoisotopic (exact) mass is 328 g/mol. The Kier molecular flexibility index (Phi) is 4.59. The highest BCUT2D eigenvalue weighted by Crippen LogP contribution is 2.16. The summed E-state index contributed by atoms with van der Waals surface area (Å²) in [5, 5.41) is 2.82. The maximum atomic E-state index is 12.6. The third-order valence-corrected chi connectivity index (χ3v) is 4.13. The molecule has 1 saturated heterocycles. The number of nitrogens with zero attached hydrogens (tertiary/aromatic N) is 3. The minimum Gasteiger partial charge on any atom is -0.469 e. The Morgan fingerprint density at radius 3 is 2.96 bits per heavy atom. The standard InChI is InChI=1S/C17H20N4O3/c1-11-14(6-9-24-11)16(22)20-15-4-3-8-21(17(15)23)10-13-5-7-18-12(2)19-13/h5-7,9,15H,3-4,8,10H2,1-2H3,(H,20,22). The van der Waals surface area contributed by atoms with E-state index in [-0.39, 0.29) is 11.8 Å². The number of hydrogen-bond donors (Lipinski definition) is 1. The number of carbonyl (C=O) groups excluding carboxylic acids is 2. The zero-order valence-corrected chi connectivity index (χ0v) is 13.8. The number of likely N-dealkylation sites (tertiary alicyclic amines) is 1. The second kappa shape index (κ2) is 6.82. The van der Waals surface area contributed by atoms with Crippen LogP contribution in [-0.4, -0.2) is 39.3 Å². The molecule has 1 N–H and O–H groups in total. The minimum absolute atomic E-state index is 0.0768. The molecule has 1 fully saturated rings. The van der Waals surface area contributed by atoms with Crippen LogP contribution in [0, 0.1) is 13.8 Å². The Morgan fingerprint density at radius 1 is 1.42 bits per heavy atom. The lowest BCUT2D eigenvalue weighted by Gasteiger charge is -2.32. The van der Waals surface area contributed by atoms with E-state index >= 15 is 0 Å². The molecular weight excluding hydrogens is 308 g/mol. The van der Waals surface area contributed by atoms with E-state index in [1.807, 2.05) is 6.92 Å². The lowest BCUT2D eigenvalue weighted by Crippen LogP contribution is -2.52. The van der Waals surface area contributed by atoms with Crippen molar-refractivity contribution in [1.29, 1.82) is 0 Å². The van der Waals surface area contributed by atoms with Crippen LogP contribution in [0.1, 0.15) is 40.5 Å². The summed E-state index contributed by atoms with van der Waals surface area (Å²) < 4.78 is 5.14. The van der Waals surface area contributed by atoms with Crippen molar-refractivity contribution in [2.24, 2.45) is 0 Å². The summed E-state index contributed by atoms with van der Waals surface area (Å²) in [6, 6.07) is 2.90. The van der Waals surface area contributed by atoms with Gasteiger partial charge in [0.2, 0.25) is 5.91 Å². The van der Waals surface area contributed by atoms with Crippen LogP contribution >= 0.6 is 0 Å². The molecule has 0 aromatic carbocycles. The van der Waals surface area contributed by atoms with Crippen LogP contribution in [0.4, 0.5) is 0 Å². The van der Waals surface area contributed by atoms with Crippen LogP contribution in [0.3, 0.4) is 0 Å². The predicted octanol–water partition coefficient (Wildman–Crippen LogP) is 1.61. The van der Waals surface area contributed by atoms with Gasteiger partial charge < -0.3 is 14.6 Å². The van der Waals surface area contributed by atoms with Crippen LogP contribution in [0.5, 0.6) is 0 Å². The van der Waals surface area contributed by atoms with Gasteiger partial charge in [-0.1, -0.05) is 0 Å². The number of furan rings is 1. The second-order valence-electron chi connectivity index (χ2n) is 5.91. The Bertz CT molecular complexity index is 756. The average Bonchev–Trinajstić information content (AvgIpc) is 2.97. The summed E-state index contributed by atoms with van der Waals surface area (Å²) in [7, 11) is 0. The largest absolute Gasteiger partial charge is 0.469 e. The van der Waals surface area contributed by atoms with Crippen LogP contribution < -0.4 is 5.32 Å². The first-order chi connectivity index (χ1) is 11.5.